The lowest BCUT2D eigenvalue weighted by Crippen LogP contribution is -2.42. The molecule has 3 heteroatoms. The molecule has 0 amide bonds. The van der Waals surface area contributed by atoms with E-state index < -0.39 is 0 Å². The van der Waals surface area contributed by atoms with Crippen LogP contribution in [0.25, 0.3) is 0 Å². The Kier molecular flexibility index (Phi) is 3.56. The topological polar surface area (TPSA) is 28.2 Å². The van der Waals surface area contributed by atoms with Gasteiger partial charge in [-0.05, 0) is 31.5 Å². The molecule has 2 rings (SSSR count). The van der Waals surface area contributed by atoms with Crippen LogP contribution in [0.3, 0.4) is 0 Å². The van der Waals surface area contributed by atoms with E-state index in [1.165, 1.54) is 25.8 Å². The Labute approximate surface area is 91.5 Å². The quantitative estimate of drug-likeness (QED) is 0.813. The summed E-state index contributed by atoms with van der Waals surface area (Å²) < 4.78 is 0. The molecule has 1 aliphatic heterocycles. The maximum Gasteiger partial charge on any atom is 0.128 e. The highest BCUT2D eigenvalue weighted by Crippen LogP contribution is 2.12. The lowest BCUT2D eigenvalue weighted by atomic mass is 10.0. The van der Waals surface area contributed by atoms with Crippen molar-refractivity contribution in [3.63, 3.8) is 0 Å². The van der Waals surface area contributed by atoms with Gasteiger partial charge in [0.25, 0.3) is 0 Å². The molecule has 82 valence electrons. The van der Waals surface area contributed by atoms with E-state index >= 15 is 0 Å². The number of hydrogen-bond donors (Lipinski definition) is 1. The molecular weight excluding hydrogens is 186 g/mol. The van der Waals surface area contributed by atoms with E-state index in [-0.39, 0.29) is 0 Å². The molecule has 0 radical (unpaired) electrons. The van der Waals surface area contributed by atoms with E-state index in [1.54, 1.807) is 0 Å². The summed E-state index contributed by atoms with van der Waals surface area (Å²) in [5.41, 5.74) is 0. The van der Waals surface area contributed by atoms with Gasteiger partial charge in [-0.3, -0.25) is 0 Å². The molecule has 1 aromatic heterocycles. The van der Waals surface area contributed by atoms with Gasteiger partial charge in [0.15, 0.2) is 0 Å². The van der Waals surface area contributed by atoms with E-state index in [4.69, 9.17) is 0 Å². The second-order valence-electron chi connectivity index (χ2n) is 4.22. The average molecular weight is 205 g/mol. The zero-order valence-corrected chi connectivity index (χ0v) is 9.32. The van der Waals surface area contributed by atoms with Gasteiger partial charge in [-0.15, -0.1) is 0 Å². The Hall–Kier alpha value is -1.09. The average Bonchev–Trinajstić information content (AvgIpc) is 2.31. The van der Waals surface area contributed by atoms with Gasteiger partial charge in [-0.1, -0.05) is 12.5 Å². The zero-order chi connectivity index (χ0) is 10.5. The number of nitrogens with zero attached hydrogens (tertiary/aromatic N) is 2. The third-order valence-electron chi connectivity index (χ3n) is 2.95. The summed E-state index contributed by atoms with van der Waals surface area (Å²) in [7, 11) is 2.11. The maximum absolute atomic E-state index is 4.34. The first-order chi connectivity index (χ1) is 7.36. The predicted molar refractivity (Wildman–Crippen MR) is 63.1 cm³/mol. The molecule has 1 aliphatic rings. The van der Waals surface area contributed by atoms with Crippen LogP contribution in [0, 0.1) is 0 Å². The van der Waals surface area contributed by atoms with Gasteiger partial charge in [0, 0.05) is 25.8 Å². The fourth-order valence-corrected chi connectivity index (χ4v) is 2.08. The standard InChI is InChI=1S/C12H19N3/c1-15(12-7-3-5-9-14-12)10-11-6-2-4-8-13-11/h3,5,7,9,11,13H,2,4,6,8,10H2,1H3. The Morgan fingerprint density at radius 2 is 2.40 bits per heavy atom. The van der Waals surface area contributed by atoms with Gasteiger partial charge in [-0.2, -0.15) is 0 Å². The fourth-order valence-electron chi connectivity index (χ4n) is 2.08. The van der Waals surface area contributed by atoms with Crippen molar-refractivity contribution in [1.29, 1.82) is 0 Å². The van der Waals surface area contributed by atoms with Crippen LogP contribution in [0.1, 0.15) is 19.3 Å². The minimum atomic E-state index is 0.630. The van der Waals surface area contributed by atoms with Gasteiger partial charge in [0.2, 0.25) is 0 Å². The van der Waals surface area contributed by atoms with Crippen LogP contribution in [0.2, 0.25) is 0 Å². The summed E-state index contributed by atoms with van der Waals surface area (Å²) in [4.78, 5) is 6.57. The molecule has 15 heavy (non-hydrogen) atoms. The smallest absolute Gasteiger partial charge is 0.128 e. The van der Waals surface area contributed by atoms with E-state index in [9.17, 15) is 0 Å². The van der Waals surface area contributed by atoms with Crippen molar-refractivity contribution in [2.75, 3.05) is 25.0 Å². The number of piperidine rings is 1. The number of hydrogen-bond acceptors (Lipinski definition) is 3. The number of nitrogens with one attached hydrogen (secondary N) is 1. The first-order valence-corrected chi connectivity index (χ1v) is 5.72. The van der Waals surface area contributed by atoms with Gasteiger partial charge < -0.3 is 10.2 Å². The molecule has 1 fully saturated rings. The number of rotatable bonds is 3. The lowest BCUT2D eigenvalue weighted by Gasteiger charge is -2.28. The summed E-state index contributed by atoms with van der Waals surface area (Å²) in [6.45, 7) is 2.22. The molecule has 3 nitrogen and oxygen atoms in total. The molecule has 0 aliphatic carbocycles. The largest absolute Gasteiger partial charge is 0.358 e. The van der Waals surface area contributed by atoms with Gasteiger partial charge in [-0.25, -0.2) is 4.98 Å². The summed E-state index contributed by atoms with van der Waals surface area (Å²) >= 11 is 0. The first-order valence-electron chi connectivity index (χ1n) is 5.72. The van der Waals surface area contributed by atoms with Crippen molar-refractivity contribution >= 4 is 5.82 Å². The van der Waals surface area contributed by atoms with E-state index in [0.717, 1.165) is 12.4 Å². The van der Waals surface area contributed by atoms with Crippen molar-refractivity contribution in [2.45, 2.75) is 25.3 Å². The van der Waals surface area contributed by atoms with Crippen molar-refractivity contribution in [1.82, 2.24) is 10.3 Å². The number of aromatic nitrogens is 1. The van der Waals surface area contributed by atoms with Crippen molar-refractivity contribution in [3.05, 3.63) is 24.4 Å². The molecule has 1 atom stereocenters. The van der Waals surface area contributed by atoms with Crippen LogP contribution in [0.4, 0.5) is 5.82 Å². The number of anilines is 1. The molecule has 1 saturated heterocycles. The van der Waals surface area contributed by atoms with Gasteiger partial charge in [0.1, 0.15) is 5.82 Å². The van der Waals surface area contributed by atoms with E-state index in [1.807, 2.05) is 18.3 Å². The highest BCUT2D eigenvalue weighted by molar-refractivity contribution is 5.36. The third kappa shape index (κ3) is 2.93. The summed E-state index contributed by atoms with van der Waals surface area (Å²) in [5, 5.41) is 3.55. The molecule has 1 unspecified atom stereocenters. The second-order valence-corrected chi connectivity index (χ2v) is 4.22. The van der Waals surface area contributed by atoms with Crippen molar-refractivity contribution in [2.24, 2.45) is 0 Å². The predicted octanol–water partition coefficient (Wildman–Crippen LogP) is 1.66. The Morgan fingerprint density at radius 3 is 3.07 bits per heavy atom. The van der Waals surface area contributed by atoms with E-state index in [0.29, 0.717) is 6.04 Å². The van der Waals surface area contributed by atoms with Crippen molar-refractivity contribution < 1.29 is 0 Å². The Morgan fingerprint density at radius 1 is 1.47 bits per heavy atom. The van der Waals surface area contributed by atoms with E-state index in [2.05, 4.69) is 28.3 Å². The summed E-state index contributed by atoms with van der Waals surface area (Å²) in [6, 6.07) is 6.68. The maximum atomic E-state index is 4.34. The molecule has 0 aromatic carbocycles. The van der Waals surface area contributed by atoms with Crippen LogP contribution >= 0.6 is 0 Å². The van der Waals surface area contributed by atoms with Crippen LogP contribution < -0.4 is 10.2 Å². The summed E-state index contributed by atoms with van der Waals surface area (Å²) in [6.07, 6.45) is 5.81. The molecule has 0 spiro atoms. The fraction of sp³-hybridized carbons (Fsp3) is 0.583. The van der Waals surface area contributed by atoms with Gasteiger partial charge in [0.05, 0.1) is 0 Å². The molecule has 0 saturated carbocycles. The monoisotopic (exact) mass is 205 g/mol. The molecule has 2 heterocycles. The molecule has 0 bridgehead atoms. The second kappa shape index (κ2) is 5.12. The molecular formula is C12H19N3. The van der Waals surface area contributed by atoms with Crippen LogP contribution in [-0.4, -0.2) is 31.2 Å². The van der Waals surface area contributed by atoms with Crippen LogP contribution in [0.15, 0.2) is 24.4 Å². The highest BCUT2D eigenvalue weighted by atomic mass is 15.2. The SMILES string of the molecule is CN(CC1CCCCN1)c1ccccn1. The zero-order valence-electron chi connectivity index (χ0n) is 9.32. The lowest BCUT2D eigenvalue weighted by molar-refractivity contribution is 0.403. The third-order valence-corrected chi connectivity index (χ3v) is 2.95. The number of likely N-dealkylation sites (N-methyl/N-ethyl adjacent to an activating group) is 1. The van der Waals surface area contributed by atoms with Gasteiger partial charge >= 0.3 is 0 Å². The Balaban J connectivity index is 1.88. The number of pyridine rings is 1. The highest BCUT2D eigenvalue weighted by Gasteiger charge is 2.14. The minimum Gasteiger partial charge on any atom is -0.358 e. The van der Waals surface area contributed by atoms with Crippen molar-refractivity contribution in [3.8, 4) is 0 Å². The Bertz CT molecular complexity index is 280. The first kappa shape index (κ1) is 10.4. The summed E-state index contributed by atoms with van der Waals surface area (Å²) in [5.74, 6) is 1.06. The van der Waals surface area contributed by atoms with Crippen LogP contribution in [-0.2, 0) is 0 Å². The normalized spacial score (nSPS) is 21.3. The molecule has 1 N–H and O–H groups in total. The molecule has 1 aromatic rings. The van der Waals surface area contributed by atoms with Crippen LogP contribution in [0.5, 0.6) is 0 Å². The minimum absolute atomic E-state index is 0.630.